The zero-order valence-electron chi connectivity index (χ0n) is 9.92. The summed E-state index contributed by atoms with van der Waals surface area (Å²) in [4.78, 5) is 10.9. The van der Waals surface area contributed by atoms with Gasteiger partial charge in [0.25, 0.3) is 5.78 Å². The minimum atomic E-state index is -4.82. The van der Waals surface area contributed by atoms with Crippen molar-refractivity contribution in [1.29, 1.82) is 0 Å². The number of rotatable bonds is 5. The lowest BCUT2D eigenvalue weighted by atomic mass is 10.2. The average molecular weight is 257 g/mol. The first-order valence-corrected chi connectivity index (χ1v) is 5.57. The molecule has 0 heterocycles. The molecule has 0 saturated heterocycles. The molecule has 0 saturated carbocycles. The highest BCUT2D eigenvalue weighted by Crippen LogP contribution is 2.19. The van der Waals surface area contributed by atoms with Crippen molar-refractivity contribution in [2.45, 2.75) is 25.9 Å². The minimum Gasteiger partial charge on any atom is -0.359 e. The molecule has 0 spiro atoms. The van der Waals surface area contributed by atoms with Crippen molar-refractivity contribution in [3.63, 3.8) is 0 Å². The quantitative estimate of drug-likeness (QED) is 0.810. The normalized spacial score (nSPS) is 12.3. The van der Waals surface area contributed by atoms with Gasteiger partial charge in [-0.2, -0.15) is 13.2 Å². The molecule has 1 aromatic rings. The molecule has 0 radical (unpaired) electrons. The number of para-hydroxylation sites is 1. The van der Waals surface area contributed by atoms with Crippen LogP contribution in [0.5, 0.6) is 0 Å². The predicted molar refractivity (Wildman–Crippen MR) is 64.1 cm³/mol. The summed E-state index contributed by atoms with van der Waals surface area (Å²) in [5.41, 5.74) is 0.929. The van der Waals surface area contributed by atoms with E-state index in [-0.39, 0.29) is 5.70 Å². The van der Waals surface area contributed by atoms with E-state index in [2.05, 4.69) is 5.32 Å². The fourth-order valence-corrected chi connectivity index (χ4v) is 1.39. The molecule has 2 nitrogen and oxygen atoms in total. The molecule has 98 valence electrons. The van der Waals surface area contributed by atoms with E-state index in [1.807, 2.05) is 6.92 Å². The van der Waals surface area contributed by atoms with E-state index in [0.29, 0.717) is 24.6 Å². The Morgan fingerprint density at radius 3 is 2.39 bits per heavy atom. The number of anilines is 1. The molecule has 0 aliphatic heterocycles. The summed E-state index contributed by atoms with van der Waals surface area (Å²) in [5, 5.41) is 2.82. The van der Waals surface area contributed by atoms with Crippen molar-refractivity contribution in [2.24, 2.45) is 0 Å². The lowest BCUT2D eigenvalue weighted by Gasteiger charge is -2.10. The van der Waals surface area contributed by atoms with Crippen molar-refractivity contribution >= 4 is 11.5 Å². The van der Waals surface area contributed by atoms with Crippen molar-refractivity contribution in [2.75, 3.05) is 5.32 Å². The molecule has 18 heavy (non-hydrogen) atoms. The van der Waals surface area contributed by atoms with Crippen LogP contribution in [0.4, 0.5) is 18.9 Å². The molecule has 0 bridgehead atoms. The summed E-state index contributed by atoms with van der Waals surface area (Å²) in [6, 6.07) is 8.77. The van der Waals surface area contributed by atoms with Gasteiger partial charge < -0.3 is 5.32 Å². The first-order valence-electron chi connectivity index (χ1n) is 5.57. The largest absolute Gasteiger partial charge is 0.454 e. The average Bonchev–Trinajstić information content (AvgIpc) is 2.29. The van der Waals surface area contributed by atoms with Crippen LogP contribution in [0.3, 0.4) is 0 Å². The number of benzene rings is 1. The number of halogens is 3. The maximum absolute atomic E-state index is 12.2. The van der Waals surface area contributed by atoms with Gasteiger partial charge in [-0.05, 0) is 18.6 Å². The van der Waals surface area contributed by atoms with Crippen molar-refractivity contribution in [3.8, 4) is 0 Å². The smallest absolute Gasteiger partial charge is 0.359 e. The summed E-state index contributed by atoms with van der Waals surface area (Å²) in [6.45, 7) is 1.83. The zero-order valence-corrected chi connectivity index (χ0v) is 9.92. The van der Waals surface area contributed by atoms with E-state index in [1.54, 1.807) is 30.3 Å². The molecule has 0 aliphatic carbocycles. The van der Waals surface area contributed by atoms with E-state index in [0.717, 1.165) is 0 Å². The zero-order chi connectivity index (χ0) is 13.6. The Kier molecular flexibility index (Phi) is 4.95. The Hall–Kier alpha value is -1.78. The molecule has 0 atom stereocenters. The third-order valence-electron chi connectivity index (χ3n) is 2.18. The fraction of sp³-hybridized carbons (Fsp3) is 0.308. The molecule has 1 rings (SSSR count). The van der Waals surface area contributed by atoms with Crippen LogP contribution < -0.4 is 5.32 Å². The fourth-order valence-electron chi connectivity index (χ4n) is 1.39. The summed E-state index contributed by atoms with van der Waals surface area (Å²) < 4.78 is 36.5. The second-order valence-corrected chi connectivity index (χ2v) is 3.77. The highest BCUT2D eigenvalue weighted by molar-refractivity contribution is 5.95. The van der Waals surface area contributed by atoms with Crippen LogP contribution in [0.1, 0.15) is 19.8 Å². The molecule has 0 fully saturated rings. The lowest BCUT2D eigenvalue weighted by molar-refractivity contribution is -0.165. The number of nitrogens with one attached hydrogen (secondary N) is 1. The molecule has 0 unspecified atom stereocenters. The van der Waals surface area contributed by atoms with Gasteiger partial charge in [-0.3, -0.25) is 4.79 Å². The Balaban J connectivity index is 2.83. The third kappa shape index (κ3) is 4.61. The lowest BCUT2D eigenvalue weighted by Crippen LogP contribution is -2.21. The van der Waals surface area contributed by atoms with Gasteiger partial charge in [-0.15, -0.1) is 0 Å². The summed E-state index contributed by atoms with van der Waals surface area (Å²) >= 11 is 0. The molecule has 5 heteroatoms. The number of hydrogen-bond acceptors (Lipinski definition) is 2. The van der Waals surface area contributed by atoms with Crippen LogP contribution >= 0.6 is 0 Å². The van der Waals surface area contributed by atoms with Gasteiger partial charge in [0.05, 0.1) is 0 Å². The molecular weight excluding hydrogens is 243 g/mol. The highest BCUT2D eigenvalue weighted by atomic mass is 19.4. The monoisotopic (exact) mass is 257 g/mol. The van der Waals surface area contributed by atoms with Gasteiger partial charge in [0.2, 0.25) is 0 Å². The molecular formula is C13H14F3NO. The van der Waals surface area contributed by atoms with Crippen molar-refractivity contribution in [1.82, 2.24) is 0 Å². The summed E-state index contributed by atoms with van der Waals surface area (Å²) in [6.07, 6.45) is -3.17. The Morgan fingerprint density at radius 1 is 1.28 bits per heavy atom. The number of allylic oxidation sites excluding steroid dienone is 2. The minimum absolute atomic E-state index is 0.269. The molecule has 1 aromatic carbocycles. The van der Waals surface area contributed by atoms with Gasteiger partial charge in [0.1, 0.15) is 0 Å². The second kappa shape index (κ2) is 6.23. The number of carbonyl (C=O) groups is 1. The SMILES string of the molecule is CCC/C(=C\C(=O)C(F)(F)F)Nc1ccccc1. The van der Waals surface area contributed by atoms with Gasteiger partial charge in [0, 0.05) is 17.5 Å². The van der Waals surface area contributed by atoms with E-state index in [9.17, 15) is 18.0 Å². The Bertz CT molecular complexity index is 424. The van der Waals surface area contributed by atoms with Crippen molar-refractivity contribution in [3.05, 3.63) is 42.1 Å². The Morgan fingerprint density at radius 2 is 1.89 bits per heavy atom. The van der Waals surface area contributed by atoms with Crippen molar-refractivity contribution < 1.29 is 18.0 Å². The van der Waals surface area contributed by atoms with E-state index in [4.69, 9.17) is 0 Å². The van der Waals surface area contributed by atoms with Crippen LogP contribution in [0.2, 0.25) is 0 Å². The molecule has 0 amide bonds. The van der Waals surface area contributed by atoms with Crippen LogP contribution in [-0.2, 0) is 4.79 Å². The maximum Gasteiger partial charge on any atom is 0.454 e. The number of ketones is 1. The van der Waals surface area contributed by atoms with E-state index < -0.39 is 12.0 Å². The topological polar surface area (TPSA) is 29.1 Å². The van der Waals surface area contributed by atoms with Crippen LogP contribution in [0, 0.1) is 0 Å². The second-order valence-electron chi connectivity index (χ2n) is 3.77. The summed E-state index contributed by atoms with van der Waals surface area (Å²) in [5.74, 6) is -1.84. The standard InChI is InChI=1S/C13H14F3NO/c1-2-6-11(9-12(18)13(14,15)16)17-10-7-4-3-5-8-10/h3-5,7-9,17H,2,6H2,1H3/b11-9+. The van der Waals surface area contributed by atoms with Crippen LogP contribution in [-0.4, -0.2) is 12.0 Å². The predicted octanol–water partition coefficient (Wildman–Crippen LogP) is 3.91. The van der Waals surface area contributed by atoms with Crippen LogP contribution in [0.25, 0.3) is 0 Å². The number of alkyl halides is 3. The molecule has 1 N–H and O–H groups in total. The summed E-state index contributed by atoms with van der Waals surface area (Å²) in [7, 11) is 0. The van der Waals surface area contributed by atoms with Gasteiger partial charge >= 0.3 is 6.18 Å². The van der Waals surface area contributed by atoms with E-state index in [1.165, 1.54) is 0 Å². The van der Waals surface area contributed by atoms with Gasteiger partial charge in [-0.25, -0.2) is 0 Å². The first kappa shape index (κ1) is 14.3. The highest BCUT2D eigenvalue weighted by Gasteiger charge is 2.36. The first-order chi connectivity index (χ1) is 8.43. The number of carbonyl (C=O) groups excluding carboxylic acids is 1. The van der Waals surface area contributed by atoms with Gasteiger partial charge in [-0.1, -0.05) is 31.5 Å². The molecule has 0 aliphatic rings. The number of hydrogen-bond donors (Lipinski definition) is 1. The Labute approximate surface area is 104 Å². The van der Waals surface area contributed by atoms with E-state index >= 15 is 0 Å². The third-order valence-corrected chi connectivity index (χ3v) is 2.18. The maximum atomic E-state index is 12.2. The molecule has 0 aromatic heterocycles. The van der Waals surface area contributed by atoms with Crippen LogP contribution in [0.15, 0.2) is 42.1 Å². The van der Waals surface area contributed by atoms with Gasteiger partial charge in [0.15, 0.2) is 0 Å².